The van der Waals surface area contributed by atoms with Crippen molar-refractivity contribution in [2.45, 2.75) is 19.6 Å². The lowest BCUT2D eigenvalue weighted by Crippen LogP contribution is -2.41. The summed E-state index contributed by atoms with van der Waals surface area (Å²) in [5.74, 6) is -3.49. The number of esters is 3. The van der Waals surface area contributed by atoms with Gasteiger partial charge in [-0.2, -0.15) is 0 Å². The van der Waals surface area contributed by atoms with E-state index in [0.717, 1.165) is 0 Å². The van der Waals surface area contributed by atoms with Gasteiger partial charge in [0, 0.05) is 30.8 Å². The van der Waals surface area contributed by atoms with Crippen molar-refractivity contribution in [3.05, 3.63) is 58.4 Å². The molecule has 140 valence electrons. The Morgan fingerprint density at radius 1 is 1.15 bits per heavy atom. The molecule has 0 atom stereocenters. The minimum atomic E-state index is -1.32. The van der Waals surface area contributed by atoms with Gasteiger partial charge < -0.3 is 18.8 Å². The average molecular weight is 390 g/mol. The number of benzene rings is 1. The minimum Gasteiger partial charge on any atom is -0.464 e. The van der Waals surface area contributed by atoms with Crippen LogP contribution in [0.4, 0.5) is 0 Å². The molecule has 2 aromatic rings. The maximum atomic E-state index is 12.1. The number of hydrogen-bond donors (Lipinski definition) is 0. The van der Waals surface area contributed by atoms with Crippen LogP contribution in [0, 0.1) is 0 Å². The van der Waals surface area contributed by atoms with Gasteiger partial charge in [0.15, 0.2) is 0 Å². The summed E-state index contributed by atoms with van der Waals surface area (Å²) in [5.41, 5.74) is 1.02. The number of methoxy groups -OCH3 is 1. The molecule has 1 aromatic heterocycles. The van der Waals surface area contributed by atoms with Gasteiger partial charge in [0.05, 0.1) is 7.11 Å². The molecule has 1 aromatic carbocycles. The van der Waals surface area contributed by atoms with E-state index in [0.29, 0.717) is 16.3 Å². The Hall–Kier alpha value is -3.06. The molecule has 0 saturated carbocycles. The summed E-state index contributed by atoms with van der Waals surface area (Å²) >= 11 is 5.90. The normalized spacial score (nSPS) is 15.8. The minimum absolute atomic E-state index is 0.213. The van der Waals surface area contributed by atoms with E-state index in [9.17, 15) is 14.4 Å². The number of rotatable bonds is 3. The fraction of sp³-hybridized carbons (Fsp3) is 0.211. The third-order valence-electron chi connectivity index (χ3n) is 3.77. The van der Waals surface area contributed by atoms with Gasteiger partial charge in [-0.05, 0) is 42.0 Å². The van der Waals surface area contributed by atoms with Crippen molar-refractivity contribution in [2.24, 2.45) is 0 Å². The maximum Gasteiger partial charge on any atom is 0.355 e. The van der Waals surface area contributed by atoms with Crippen LogP contribution < -0.4 is 0 Å². The van der Waals surface area contributed by atoms with E-state index in [2.05, 4.69) is 0 Å². The van der Waals surface area contributed by atoms with E-state index >= 15 is 0 Å². The molecule has 1 fully saturated rings. The predicted octanol–water partition coefficient (Wildman–Crippen LogP) is 3.14. The number of aromatic nitrogens is 1. The van der Waals surface area contributed by atoms with Crippen LogP contribution in [-0.4, -0.2) is 35.4 Å². The summed E-state index contributed by atoms with van der Waals surface area (Å²) in [6, 6.07) is 8.28. The molecule has 1 aliphatic rings. The highest BCUT2D eigenvalue weighted by Gasteiger charge is 2.39. The second kappa shape index (κ2) is 6.92. The van der Waals surface area contributed by atoms with Crippen molar-refractivity contribution in [3.8, 4) is 5.69 Å². The Labute approximate surface area is 160 Å². The first-order chi connectivity index (χ1) is 12.7. The summed E-state index contributed by atoms with van der Waals surface area (Å²) in [6.45, 7) is 2.93. The lowest BCUT2D eigenvalue weighted by atomic mass is 10.1. The third kappa shape index (κ3) is 3.88. The standard InChI is InChI=1S/C19H16ClNO6/c1-19(2)26-16(22)14(17(23)27-19)8-11-9-15(18(24)25-3)21(10-11)13-6-4-12(20)5-7-13/h4-10H,1-3H3. The van der Waals surface area contributed by atoms with Crippen LogP contribution in [0.2, 0.25) is 5.02 Å². The number of nitrogens with zero attached hydrogens (tertiary/aromatic N) is 1. The van der Waals surface area contributed by atoms with E-state index in [4.69, 9.17) is 25.8 Å². The number of ether oxygens (including phenoxy) is 3. The largest absolute Gasteiger partial charge is 0.464 e. The summed E-state index contributed by atoms with van der Waals surface area (Å²) < 4.78 is 16.5. The van der Waals surface area contributed by atoms with Crippen molar-refractivity contribution >= 4 is 35.6 Å². The van der Waals surface area contributed by atoms with Crippen LogP contribution in [-0.2, 0) is 23.8 Å². The highest BCUT2D eigenvalue weighted by Crippen LogP contribution is 2.26. The lowest BCUT2D eigenvalue weighted by Gasteiger charge is -2.29. The molecule has 27 heavy (non-hydrogen) atoms. The number of cyclic esters (lactones) is 2. The highest BCUT2D eigenvalue weighted by molar-refractivity contribution is 6.30. The number of halogens is 1. The van der Waals surface area contributed by atoms with Crippen LogP contribution >= 0.6 is 11.6 Å². The highest BCUT2D eigenvalue weighted by atomic mass is 35.5. The molecule has 1 aliphatic heterocycles. The molecule has 7 nitrogen and oxygen atoms in total. The topological polar surface area (TPSA) is 83.8 Å². The summed E-state index contributed by atoms with van der Waals surface area (Å²) in [6.07, 6.45) is 2.89. The first-order valence-electron chi connectivity index (χ1n) is 7.95. The Kier molecular flexibility index (Phi) is 4.80. The van der Waals surface area contributed by atoms with E-state index in [1.807, 2.05) is 0 Å². The first-order valence-corrected chi connectivity index (χ1v) is 8.33. The van der Waals surface area contributed by atoms with Gasteiger partial charge in [0.25, 0.3) is 5.79 Å². The molecule has 0 aliphatic carbocycles. The quantitative estimate of drug-likeness (QED) is 0.455. The molecule has 0 amide bonds. The van der Waals surface area contributed by atoms with Crippen molar-refractivity contribution < 1.29 is 28.6 Å². The molecule has 0 spiro atoms. The van der Waals surface area contributed by atoms with E-state index < -0.39 is 23.7 Å². The van der Waals surface area contributed by atoms with Crippen LogP contribution in [0.1, 0.15) is 29.9 Å². The van der Waals surface area contributed by atoms with Gasteiger partial charge >= 0.3 is 17.9 Å². The van der Waals surface area contributed by atoms with Gasteiger partial charge in [0.2, 0.25) is 0 Å². The Morgan fingerprint density at radius 3 is 2.30 bits per heavy atom. The molecule has 3 rings (SSSR count). The van der Waals surface area contributed by atoms with Gasteiger partial charge in [-0.15, -0.1) is 0 Å². The fourth-order valence-electron chi connectivity index (χ4n) is 2.58. The first kappa shape index (κ1) is 18.7. The monoisotopic (exact) mass is 389 g/mol. The second-order valence-corrected chi connectivity index (χ2v) is 6.67. The Morgan fingerprint density at radius 2 is 1.74 bits per heavy atom. The van der Waals surface area contributed by atoms with Crippen molar-refractivity contribution in [1.82, 2.24) is 4.57 Å². The second-order valence-electron chi connectivity index (χ2n) is 6.23. The maximum absolute atomic E-state index is 12.1. The van der Waals surface area contributed by atoms with Crippen LogP contribution in [0.5, 0.6) is 0 Å². The summed E-state index contributed by atoms with van der Waals surface area (Å²) in [4.78, 5) is 36.3. The van der Waals surface area contributed by atoms with Gasteiger partial charge in [-0.1, -0.05) is 11.6 Å². The van der Waals surface area contributed by atoms with Crippen molar-refractivity contribution in [1.29, 1.82) is 0 Å². The van der Waals surface area contributed by atoms with Crippen LogP contribution in [0.15, 0.2) is 42.1 Å². The molecular formula is C19H16ClNO6. The van der Waals surface area contributed by atoms with E-state index in [1.165, 1.54) is 33.1 Å². The number of carbonyl (C=O) groups is 3. The fourth-order valence-corrected chi connectivity index (χ4v) is 2.71. The van der Waals surface area contributed by atoms with Gasteiger partial charge in [-0.3, -0.25) is 0 Å². The summed E-state index contributed by atoms with van der Waals surface area (Å²) in [7, 11) is 1.26. The van der Waals surface area contributed by atoms with E-state index in [1.54, 1.807) is 35.0 Å². The molecule has 8 heteroatoms. The zero-order chi connectivity index (χ0) is 19.8. The van der Waals surface area contributed by atoms with Crippen molar-refractivity contribution in [2.75, 3.05) is 7.11 Å². The molecule has 0 bridgehead atoms. The molecule has 0 radical (unpaired) electrons. The zero-order valence-corrected chi connectivity index (χ0v) is 15.6. The smallest absolute Gasteiger partial charge is 0.355 e. The molecule has 0 N–H and O–H groups in total. The zero-order valence-electron chi connectivity index (χ0n) is 14.8. The molecule has 2 heterocycles. The average Bonchev–Trinajstić information content (AvgIpc) is 3.01. The van der Waals surface area contributed by atoms with Gasteiger partial charge in [-0.25, -0.2) is 14.4 Å². The lowest BCUT2D eigenvalue weighted by molar-refractivity contribution is -0.222. The Balaban J connectivity index is 2.04. The van der Waals surface area contributed by atoms with E-state index in [-0.39, 0.29) is 11.3 Å². The molecular weight excluding hydrogens is 374 g/mol. The Bertz CT molecular complexity index is 933. The predicted molar refractivity (Wildman–Crippen MR) is 96.4 cm³/mol. The van der Waals surface area contributed by atoms with Crippen molar-refractivity contribution in [3.63, 3.8) is 0 Å². The summed E-state index contributed by atoms with van der Waals surface area (Å²) in [5, 5.41) is 0.545. The SMILES string of the molecule is COC(=O)c1cc(C=C2C(=O)OC(C)(C)OC2=O)cn1-c1ccc(Cl)cc1. The molecule has 0 unspecified atom stereocenters. The van der Waals surface area contributed by atoms with Crippen LogP contribution in [0.25, 0.3) is 11.8 Å². The number of hydrogen-bond acceptors (Lipinski definition) is 6. The number of carbonyl (C=O) groups excluding carboxylic acids is 3. The molecule has 1 saturated heterocycles. The van der Waals surface area contributed by atoms with Gasteiger partial charge in [0.1, 0.15) is 11.3 Å². The third-order valence-corrected chi connectivity index (χ3v) is 4.02. The van der Waals surface area contributed by atoms with Crippen LogP contribution in [0.3, 0.4) is 0 Å².